The molecule has 0 atom stereocenters. The second kappa shape index (κ2) is 12.6. The number of carboxylic acid groups (broad SMARTS) is 1. The molecule has 3 aromatic rings. The number of carbonyl (C=O) groups is 2. The summed E-state index contributed by atoms with van der Waals surface area (Å²) >= 11 is 13.0. The Bertz CT molecular complexity index is 1440. The van der Waals surface area contributed by atoms with Crippen molar-refractivity contribution in [1.29, 1.82) is 0 Å². The first kappa shape index (κ1) is 29.0. The molecule has 0 saturated carbocycles. The number of fused-ring (bicyclic) bond motifs is 1. The molecule has 5 rings (SSSR count). The molecule has 3 aromatic carbocycles. The lowest BCUT2D eigenvalue weighted by molar-refractivity contribution is 0.0516. The SMILES string of the molecule is CN(C)CCOc1cc(Cl)c(C(=O)N2COc3c(cccc3-c3ccc(C(=O)O)c(N4CCOCC4)c3)C2)c(Cl)c1. The molecule has 0 bridgehead atoms. The lowest BCUT2D eigenvalue weighted by atomic mass is 9.97. The summed E-state index contributed by atoms with van der Waals surface area (Å²) in [5, 5.41) is 10.2. The molecule has 1 amide bonds. The largest absolute Gasteiger partial charge is 0.492 e. The van der Waals surface area contributed by atoms with Gasteiger partial charge in [-0.25, -0.2) is 4.79 Å². The topological polar surface area (TPSA) is 91.8 Å². The van der Waals surface area contributed by atoms with Crippen LogP contribution in [0.4, 0.5) is 5.69 Å². The number of ether oxygens (including phenoxy) is 3. The Morgan fingerprint density at radius 3 is 2.46 bits per heavy atom. The maximum Gasteiger partial charge on any atom is 0.337 e. The predicted octanol–water partition coefficient (Wildman–Crippen LogP) is 5.13. The molecule has 9 nitrogen and oxygen atoms in total. The Morgan fingerprint density at radius 1 is 1.05 bits per heavy atom. The minimum atomic E-state index is -0.982. The maximum absolute atomic E-state index is 13.5. The number of hydrogen-bond acceptors (Lipinski definition) is 7. The molecular formula is C30H31Cl2N3O6. The predicted molar refractivity (Wildman–Crippen MR) is 158 cm³/mol. The summed E-state index contributed by atoms with van der Waals surface area (Å²) in [5.41, 5.74) is 3.52. The Hall–Kier alpha value is -3.50. The standard InChI is InChI=1S/C30H31Cl2N3O6/c1-33(2)8-13-40-21-15-24(31)27(25(32)16-21)29(36)35-17-20-4-3-5-22(28(20)41-18-35)19-6-7-23(30(37)38)26(14-19)34-9-11-39-12-10-34/h3-7,14-16H,8-13,17-18H2,1-2H3,(H,37,38). The zero-order valence-corrected chi connectivity index (χ0v) is 24.4. The molecule has 2 heterocycles. The normalized spacial score (nSPS) is 15.0. The quantitative estimate of drug-likeness (QED) is 0.381. The fraction of sp³-hybridized carbons (Fsp3) is 0.333. The average molecular weight is 600 g/mol. The molecule has 2 aliphatic rings. The Morgan fingerprint density at radius 2 is 1.78 bits per heavy atom. The second-order valence-corrected chi connectivity index (χ2v) is 10.9. The molecule has 1 fully saturated rings. The number of para-hydroxylation sites is 1. The van der Waals surface area contributed by atoms with Crippen LogP contribution >= 0.6 is 23.2 Å². The van der Waals surface area contributed by atoms with Gasteiger partial charge in [0, 0.05) is 30.8 Å². The number of amides is 1. The van der Waals surface area contributed by atoms with Gasteiger partial charge in [-0.05, 0) is 43.9 Å². The summed E-state index contributed by atoms with van der Waals surface area (Å²) in [6.45, 7) is 3.77. The van der Waals surface area contributed by atoms with E-state index < -0.39 is 5.97 Å². The van der Waals surface area contributed by atoms with Crippen LogP contribution in [0.25, 0.3) is 11.1 Å². The van der Waals surface area contributed by atoms with Crippen molar-refractivity contribution in [3.8, 4) is 22.6 Å². The van der Waals surface area contributed by atoms with E-state index in [0.717, 1.165) is 23.2 Å². The lowest BCUT2D eigenvalue weighted by Crippen LogP contribution is -2.37. The molecule has 0 aromatic heterocycles. The van der Waals surface area contributed by atoms with Crippen molar-refractivity contribution < 1.29 is 28.9 Å². The highest BCUT2D eigenvalue weighted by atomic mass is 35.5. The number of benzene rings is 3. The molecule has 0 spiro atoms. The third-order valence-electron chi connectivity index (χ3n) is 7.04. The van der Waals surface area contributed by atoms with Gasteiger partial charge in [0.1, 0.15) is 18.1 Å². The van der Waals surface area contributed by atoms with Gasteiger partial charge in [0.05, 0.1) is 46.6 Å². The van der Waals surface area contributed by atoms with Gasteiger partial charge in [0.25, 0.3) is 5.91 Å². The minimum absolute atomic E-state index is 0.000120. The number of hydrogen-bond donors (Lipinski definition) is 1. The number of carboxylic acids is 1. The van der Waals surface area contributed by atoms with Crippen LogP contribution < -0.4 is 14.4 Å². The molecule has 41 heavy (non-hydrogen) atoms. The van der Waals surface area contributed by atoms with Gasteiger partial charge >= 0.3 is 5.97 Å². The number of nitrogens with zero attached hydrogens (tertiary/aromatic N) is 3. The smallest absolute Gasteiger partial charge is 0.337 e. The van der Waals surface area contributed by atoms with E-state index in [1.54, 1.807) is 29.2 Å². The third-order valence-corrected chi connectivity index (χ3v) is 7.63. The van der Waals surface area contributed by atoms with Gasteiger partial charge in [-0.15, -0.1) is 0 Å². The summed E-state index contributed by atoms with van der Waals surface area (Å²) in [6, 6.07) is 14.2. The fourth-order valence-corrected chi connectivity index (χ4v) is 5.55. The van der Waals surface area contributed by atoms with Gasteiger partial charge in [-0.3, -0.25) is 4.79 Å². The monoisotopic (exact) mass is 599 g/mol. The first-order chi connectivity index (χ1) is 19.7. The fourth-order valence-electron chi connectivity index (χ4n) is 4.92. The highest BCUT2D eigenvalue weighted by molar-refractivity contribution is 6.39. The summed E-state index contributed by atoms with van der Waals surface area (Å²) in [6.07, 6.45) is 0. The molecule has 2 aliphatic heterocycles. The molecule has 0 radical (unpaired) electrons. The summed E-state index contributed by atoms with van der Waals surface area (Å²) in [5.74, 6) is -0.191. The second-order valence-electron chi connectivity index (χ2n) is 10.1. The van der Waals surface area contributed by atoms with Gasteiger partial charge in [0.2, 0.25) is 0 Å². The van der Waals surface area contributed by atoms with E-state index in [-0.39, 0.29) is 33.8 Å². The van der Waals surface area contributed by atoms with Gasteiger partial charge in [-0.2, -0.15) is 0 Å². The molecule has 0 aliphatic carbocycles. The maximum atomic E-state index is 13.5. The average Bonchev–Trinajstić information content (AvgIpc) is 2.96. The van der Waals surface area contributed by atoms with Crippen LogP contribution in [0.15, 0.2) is 48.5 Å². The van der Waals surface area contributed by atoms with Crippen molar-refractivity contribution in [2.45, 2.75) is 6.54 Å². The van der Waals surface area contributed by atoms with Crippen molar-refractivity contribution >= 4 is 40.8 Å². The molecule has 216 valence electrons. The van der Waals surface area contributed by atoms with E-state index in [0.29, 0.717) is 56.6 Å². The molecular weight excluding hydrogens is 569 g/mol. The van der Waals surface area contributed by atoms with Gasteiger partial charge in [-0.1, -0.05) is 47.5 Å². The van der Waals surface area contributed by atoms with Crippen molar-refractivity contribution in [3.63, 3.8) is 0 Å². The van der Waals surface area contributed by atoms with Crippen molar-refractivity contribution in [2.24, 2.45) is 0 Å². The molecule has 1 saturated heterocycles. The molecule has 1 N–H and O–H groups in total. The van der Waals surface area contributed by atoms with Crippen LogP contribution in [0.5, 0.6) is 11.5 Å². The summed E-state index contributed by atoms with van der Waals surface area (Å²) in [7, 11) is 3.90. The zero-order chi connectivity index (χ0) is 29.1. The van der Waals surface area contributed by atoms with Crippen molar-refractivity contribution in [3.05, 3.63) is 75.3 Å². The number of halogens is 2. The van der Waals surface area contributed by atoms with E-state index in [4.69, 9.17) is 37.4 Å². The molecule has 0 unspecified atom stereocenters. The highest BCUT2D eigenvalue weighted by Crippen LogP contribution is 2.40. The number of likely N-dealkylation sites (N-methyl/N-ethyl adjacent to an activating group) is 1. The summed E-state index contributed by atoms with van der Waals surface area (Å²) < 4.78 is 17.3. The van der Waals surface area contributed by atoms with Crippen LogP contribution in [0.3, 0.4) is 0 Å². The van der Waals surface area contributed by atoms with Crippen molar-refractivity contribution in [1.82, 2.24) is 9.80 Å². The lowest BCUT2D eigenvalue weighted by Gasteiger charge is -2.32. The minimum Gasteiger partial charge on any atom is -0.492 e. The van der Waals surface area contributed by atoms with Crippen LogP contribution in [0.2, 0.25) is 10.0 Å². The number of anilines is 1. The molecule has 11 heteroatoms. The Kier molecular flexibility index (Phi) is 8.89. The number of aromatic carboxylic acids is 1. The van der Waals surface area contributed by atoms with E-state index in [1.807, 2.05) is 48.2 Å². The Labute approximate surface area is 248 Å². The number of rotatable bonds is 8. The highest BCUT2D eigenvalue weighted by Gasteiger charge is 2.29. The number of carbonyl (C=O) groups excluding carboxylic acids is 1. The van der Waals surface area contributed by atoms with E-state index >= 15 is 0 Å². The van der Waals surface area contributed by atoms with Gasteiger partial charge < -0.3 is 34.0 Å². The third kappa shape index (κ3) is 6.38. The number of morpholine rings is 1. The van der Waals surface area contributed by atoms with E-state index in [9.17, 15) is 14.7 Å². The Balaban J connectivity index is 1.38. The first-order valence-electron chi connectivity index (χ1n) is 13.2. The summed E-state index contributed by atoms with van der Waals surface area (Å²) in [4.78, 5) is 31.0. The van der Waals surface area contributed by atoms with E-state index in [1.165, 1.54) is 0 Å². The van der Waals surface area contributed by atoms with Crippen LogP contribution in [0.1, 0.15) is 26.3 Å². The zero-order valence-electron chi connectivity index (χ0n) is 22.9. The van der Waals surface area contributed by atoms with Crippen molar-refractivity contribution in [2.75, 3.05) is 65.2 Å². The first-order valence-corrected chi connectivity index (χ1v) is 14.0. The van der Waals surface area contributed by atoms with Crippen LogP contribution in [0, 0.1) is 0 Å². The van der Waals surface area contributed by atoms with Crippen LogP contribution in [-0.2, 0) is 11.3 Å². The van der Waals surface area contributed by atoms with Gasteiger partial charge in [0.15, 0.2) is 6.73 Å². The van der Waals surface area contributed by atoms with Crippen LogP contribution in [-0.4, -0.2) is 87.1 Å². The van der Waals surface area contributed by atoms with E-state index in [2.05, 4.69) is 0 Å².